The van der Waals surface area contributed by atoms with Crippen molar-refractivity contribution >= 4 is 10.0 Å². The van der Waals surface area contributed by atoms with Crippen LogP contribution in [0.1, 0.15) is 39.2 Å². The highest BCUT2D eigenvalue weighted by atomic mass is 32.2. The number of halogens is 1. The molecule has 3 N–H and O–H groups in total. The van der Waals surface area contributed by atoms with Gasteiger partial charge in [0.1, 0.15) is 23.1 Å². The Morgan fingerprint density at radius 1 is 0.969 bits per heavy atom. The Bertz CT molecular complexity index is 969. The van der Waals surface area contributed by atoms with Crippen LogP contribution in [0.4, 0.5) is 4.39 Å². The summed E-state index contributed by atoms with van der Waals surface area (Å²) in [6.45, 7) is 7.57. The van der Waals surface area contributed by atoms with E-state index in [9.17, 15) is 12.8 Å². The van der Waals surface area contributed by atoms with Gasteiger partial charge in [-0.05, 0) is 56.0 Å². The molecule has 1 unspecified atom stereocenters. The summed E-state index contributed by atoms with van der Waals surface area (Å²) in [7, 11) is -3.90. The van der Waals surface area contributed by atoms with E-state index in [4.69, 9.17) is 19.3 Å². The van der Waals surface area contributed by atoms with Crippen molar-refractivity contribution in [2.45, 2.75) is 51.0 Å². The highest BCUT2D eigenvalue weighted by Gasteiger charge is 2.17. The van der Waals surface area contributed by atoms with Crippen LogP contribution in [-0.4, -0.2) is 40.8 Å². The second kappa shape index (κ2) is 12.6. The van der Waals surface area contributed by atoms with Crippen molar-refractivity contribution in [1.29, 1.82) is 0 Å². The molecule has 0 aromatic heterocycles. The zero-order valence-electron chi connectivity index (χ0n) is 18.9. The molecule has 32 heavy (non-hydrogen) atoms. The molecule has 178 valence electrons. The van der Waals surface area contributed by atoms with Crippen molar-refractivity contribution in [1.82, 2.24) is 5.32 Å². The van der Waals surface area contributed by atoms with Crippen molar-refractivity contribution in [2.24, 2.45) is 5.14 Å². The van der Waals surface area contributed by atoms with Crippen LogP contribution in [0.15, 0.2) is 41.3 Å². The third-order valence-electron chi connectivity index (χ3n) is 4.75. The fourth-order valence-corrected chi connectivity index (χ4v) is 3.89. The summed E-state index contributed by atoms with van der Waals surface area (Å²) >= 11 is 0. The van der Waals surface area contributed by atoms with Gasteiger partial charge < -0.3 is 19.5 Å². The molecule has 0 aliphatic rings. The van der Waals surface area contributed by atoms with Gasteiger partial charge in [0.2, 0.25) is 10.0 Å². The van der Waals surface area contributed by atoms with Gasteiger partial charge in [-0.3, -0.25) is 0 Å². The molecule has 0 bridgehead atoms. The third kappa shape index (κ3) is 7.96. The lowest BCUT2D eigenvalue weighted by Crippen LogP contribution is -2.34. The van der Waals surface area contributed by atoms with Gasteiger partial charge in [-0.15, -0.1) is 0 Å². The summed E-state index contributed by atoms with van der Waals surface area (Å²) in [6, 6.07) is 9.38. The van der Waals surface area contributed by atoms with Crippen molar-refractivity contribution in [3.8, 4) is 17.2 Å². The van der Waals surface area contributed by atoms with Crippen LogP contribution in [0.2, 0.25) is 0 Å². The molecule has 0 spiro atoms. The third-order valence-corrected chi connectivity index (χ3v) is 5.68. The fourth-order valence-electron chi connectivity index (χ4n) is 3.17. The van der Waals surface area contributed by atoms with Gasteiger partial charge in [-0.2, -0.15) is 0 Å². The first-order valence-electron chi connectivity index (χ1n) is 10.9. The molecule has 0 amide bonds. The molecule has 0 heterocycles. The molecule has 0 radical (unpaired) electrons. The van der Waals surface area contributed by atoms with E-state index in [1.54, 1.807) is 18.2 Å². The predicted octanol–water partition coefficient (Wildman–Crippen LogP) is 3.65. The van der Waals surface area contributed by atoms with Crippen LogP contribution in [0.25, 0.3) is 0 Å². The first-order chi connectivity index (χ1) is 15.3. The molecule has 0 fully saturated rings. The maximum absolute atomic E-state index is 13.4. The van der Waals surface area contributed by atoms with E-state index in [2.05, 4.69) is 5.32 Å². The van der Waals surface area contributed by atoms with Crippen LogP contribution in [-0.2, 0) is 16.4 Å². The number of nitrogens with one attached hydrogen (secondary N) is 1. The van der Waals surface area contributed by atoms with E-state index in [-0.39, 0.29) is 22.5 Å². The lowest BCUT2D eigenvalue weighted by atomic mass is 10.0. The molecule has 0 saturated carbocycles. The minimum absolute atomic E-state index is 0.00130. The molecule has 2 rings (SSSR count). The zero-order chi connectivity index (χ0) is 23.6. The number of ether oxygens (including phenoxy) is 3. The molecule has 2 aromatic rings. The number of nitrogens with two attached hydrogens (primary N) is 1. The van der Waals surface area contributed by atoms with Crippen molar-refractivity contribution < 1.29 is 27.0 Å². The van der Waals surface area contributed by atoms with E-state index >= 15 is 0 Å². The highest BCUT2D eigenvalue weighted by Crippen LogP contribution is 2.28. The summed E-state index contributed by atoms with van der Waals surface area (Å²) in [5, 5.41) is 8.79. The number of rotatable bonds is 14. The van der Waals surface area contributed by atoms with E-state index in [0.29, 0.717) is 44.3 Å². The standard InChI is InChI=1S/C23H33FN2O5S/c1-4-12-30-21-9-7-17(15-23(21)32(25,27)28)14-19(5-2)26-11-13-31-20-10-8-18(24)16-22(20)29-6-3/h7-10,15-16,19,26H,4-6,11-14H2,1-3H3,(H2,25,27,28). The summed E-state index contributed by atoms with van der Waals surface area (Å²) in [4.78, 5) is 0.00130. The summed E-state index contributed by atoms with van der Waals surface area (Å²) in [6.07, 6.45) is 2.22. The van der Waals surface area contributed by atoms with Crippen molar-refractivity contribution in [2.75, 3.05) is 26.4 Å². The minimum Gasteiger partial charge on any atom is -0.492 e. The van der Waals surface area contributed by atoms with Crippen LogP contribution >= 0.6 is 0 Å². The fraction of sp³-hybridized carbons (Fsp3) is 0.478. The van der Waals surface area contributed by atoms with Gasteiger partial charge in [0, 0.05) is 18.7 Å². The maximum atomic E-state index is 13.4. The normalized spacial score (nSPS) is 12.4. The number of sulfonamides is 1. The van der Waals surface area contributed by atoms with Crippen molar-refractivity contribution in [3.63, 3.8) is 0 Å². The van der Waals surface area contributed by atoms with Crippen LogP contribution < -0.4 is 24.7 Å². The van der Waals surface area contributed by atoms with E-state index in [1.165, 1.54) is 12.1 Å². The average molecular weight is 469 g/mol. The van der Waals surface area contributed by atoms with Gasteiger partial charge in [0.05, 0.1) is 13.2 Å². The van der Waals surface area contributed by atoms with Gasteiger partial charge in [-0.1, -0.05) is 19.9 Å². The molecule has 2 aromatic carbocycles. The molecule has 7 nitrogen and oxygen atoms in total. The number of primary sulfonamides is 1. The molecule has 0 aliphatic heterocycles. The Kier molecular flexibility index (Phi) is 10.2. The molecular formula is C23H33FN2O5S. The van der Waals surface area contributed by atoms with E-state index < -0.39 is 10.0 Å². The summed E-state index contributed by atoms with van der Waals surface area (Å²) in [5.74, 6) is 0.760. The predicted molar refractivity (Wildman–Crippen MR) is 122 cm³/mol. The highest BCUT2D eigenvalue weighted by molar-refractivity contribution is 7.89. The quantitative estimate of drug-likeness (QED) is 0.411. The van der Waals surface area contributed by atoms with Gasteiger partial charge >= 0.3 is 0 Å². The Morgan fingerprint density at radius 2 is 1.69 bits per heavy atom. The summed E-state index contributed by atoms with van der Waals surface area (Å²) in [5.41, 5.74) is 0.843. The zero-order valence-corrected chi connectivity index (χ0v) is 19.7. The lowest BCUT2D eigenvalue weighted by molar-refractivity contribution is 0.269. The Balaban J connectivity index is 1.96. The number of hydrogen-bond acceptors (Lipinski definition) is 6. The number of hydrogen-bond donors (Lipinski definition) is 2. The smallest absolute Gasteiger partial charge is 0.241 e. The number of benzene rings is 2. The van der Waals surface area contributed by atoms with E-state index in [1.807, 2.05) is 26.8 Å². The van der Waals surface area contributed by atoms with Gasteiger partial charge in [0.25, 0.3) is 0 Å². The maximum Gasteiger partial charge on any atom is 0.241 e. The lowest BCUT2D eigenvalue weighted by Gasteiger charge is -2.19. The molecule has 0 aliphatic carbocycles. The van der Waals surface area contributed by atoms with Crippen LogP contribution in [0.3, 0.4) is 0 Å². The topological polar surface area (TPSA) is 99.9 Å². The van der Waals surface area contributed by atoms with Crippen molar-refractivity contribution in [3.05, 3.63) is 47.8 Å². The first-order valence-corrected chi connectivity index (χ1v) is 12.4. The molecule has 9 heteroatoms. The first kappa shape index (κ1) is 25.9. The summed E-state index contributed by atoms with van der Waals surface area (Å²) < 4.78 is 54.1. The van der Waals surface area contributed by atoms with Gasteiger partial charge in [-0.25, -0.2) is 17.9 Å². The van der Waals surface area contributed by atoms with Crippen LogP contribution in [0.5, 0.6) is 17.2 Å². The SMILES string of the molecule is CCCOc1ccc(CC(CC)NCCOc2ccc(F)cc2OCC)cc1S(N)(=O)=O. The van der Waals surface area contributed by atoms with Gasteiger partial charge in [0.15, 0.2) is 11.5 Å². The van der Waals surface area contributed by atoms with E-state index in [0.717, 1.165) is 18.4 Å². The molecule has 0 saturated heterocycles. The minimum atomic E-state index is -3.90. The monoisotopic (exact) mass is 468 g/mol. The second-order valence-corrected chi connectivity index (χ2v) is 8.84. The average Bonchev–Trinajstić information content (AvgIpc) is 2.75. The Hall–Kier alpha value is -2.36. The largest absolute Gasteiger partial charge is 0.492 e. The second-order valence-electron chi connectivity index (χ2n) is 7.31. The Morgan fingerprint density at radius 3 is 2.34 bits per heavy atom. The van der Waals surface area contributed by atoms with Crippen LogP contribution in [0, 0.1) is 5.82 Å². The molecular weight excluding hydrogens is 435 g/mol. The molecule has 1 atom stereocenters. The Labute approximate surface area is 190 Å².